The van der Waals surface area contributed by atoms with Gasteiger partial charge in [-0.2, -0.15) is 0 Å². The summed E-state index contributed by atoms with van der Waals surface area (Å²) in [5.74, 6) is 0.861. The van der Waals surface area contributed by atoms with Crippen LogP contribution in [-0.2, 0) is 11.2 Å². The molecule has 2 aromatic rings. The number of ether oxygens (including phenoxy) is 2. The van der Waals surface area contributed by atoms with Gasteiger partial charge in [0.05, 0.1) is 26.2 Å². The largest absolute Gasteiger partial charge is 0.493 e. The summed E-state index contributed by atoms with van der Waals surface area (Å²) in [5, 5.41) is 0. The molecule has 2 atom stereocenters. The topological polar surface area (TPSA) is 59.1 Å². The Bertz CT molecular complexity index is 1000. The Hall–Kier alpha value is -3.02. The molecule has 6 heteroatoms. The number of carbonyl (C=O) groups excluding carboxylic acids is 2. The monoisotopic (exact) mass is 422 g/mol. The van der Waals surface area contributed by atoms with E-state index < -0.39 is 5.92 Å². The molecule has 0 aromatic heterocycles. The first kappa shape index (κ1) is 21.2. The van der Waals surface area contributed by atoms with Crippen LogP contribution in [0.2, 0.25) is 0 Å². The molecule has 2 aliphatic rings. The predicted octanol–water partition coefficient (Wildman–Crippen LogP) is 3.80. The molecule has 0 spiro atoms. The molecule has 0 radical (unpaired) electrons. The van der Waals surface area contributed by atoms with Gasteiger partial charge in [-0.15, -0.1) is 0 Å². The number of hydrogen-bond donors (Lipinski definition) is 0. The zero-order valence-corrected chi connectivity index (χ0v) is 18.7. The molecular formula is C25H30N2O4. The fourth-order valence-electron chi connectivity index (χ4n) is 4.86. The van der Waals surface area contributed by atoms with Crippen LogP contribution in [0.15, 0.2) is 36.4 Å². The SMILES string of the molecule is CCCCN(C)C(=O)[C@@H]1c2ccccc2C(=O)N2CCc3cc(OC)c(OC)cc3[C@@H]12. The maximum atomic E-state index is 13.7. The van der Waals surface area contributed by atoms with E-state index in [1.165, 1.54) is 0 Å². The van der Waals surface area contributed by atoms with E-state index in [0.29, 0.717) is 36.6 Å². The van der Waals surface area contributed by atoms with Gasteiger partial charge in [-0.25, -0.2) is 0 Å². The van der Waals surface area contributed by atoms with E-state index in [1.54, 1.807) is 14.2 Å². The molecular weight excluding hydrogens is 392 g/mol. The predicted molar refractivity (Wildman–Crippen MR) is 119 cm³/mol. The number of fused-ring (bicyclic) bond motifs is 4. The van der Waals surface area contributed by atoms with Gasteiger partial charge in [-0.1, -0.05) is 31.5 Å². The average molecular weight is 423 g/mol. The fraction of sp³-hybridized carbons (Fsp3) is 0.440. The first-order chi connectivity index (χ1) is 15.0. The van der Waals surface area contributed by atoms with Crippen LogP contribution in [0.1, 0.15) is 58.8 Å². The first-order valence-corrected chi connectivity index (χ1v) is 10.9. The van der Waals surface area contributed by atoms with Gasteiger partial charge in [0.2, 0.25) is 5.91 Å². The maximum absolute atomic E-state index is 13.7. The van der Waals surface area contributed by atoms with Crippen LogP contribution in [0.3, 0.4) is 0 Å². The summed E-state index contributed by atoms with van der Waals surface area (Å²) in [7, 11) is 5.09. The third-order valence-electron chi connectivity index (χ3n) is 6.51. The summed E-state index contributed by atoms with van der Waals surface area (Å²) in [6.07, 6.45) is 2.69. The van der Waals surface area contributed by atoms with Gasteiger partial charge >= 0.3 is 0 Å². The van der Waals surface area contributed by atoms with E-state index in [9.17, 15) is 9.59 Å². The standard InChI is InChI=1S/C25H30N2O4/c1-5-6-12-26(2)25(29)22-17-9-7-8-10-18(17)24(28)27-13-11-16-14-20(30-3)21(31-4)15-19(16)23(22)27/h7-10,14-15,22-23H,5-6,11-13H2,1-4H3/t22-,23+/m1/s1. The van der Waals surface area contributed by atoms with E-state index >= 15 is 0 Å². The summed E-state index contributed by atoms with van der Waals surface area (Å²) >= 11 is 0. The number of hydrogen-bond acceptors (Lipinski definition) is 4. The molecule has 0 saturated heterocycles. The molecule has 0 fully saturated rings. The number of methoxy groups -OCH3 is 2. The van der Waals surface area contributed by atoms with Gasteiger partial charge in [0.15, 0.2) is 11.5 Å². The summed E-state index contributed by atoms with van der Waals surface area (Å²) in [6.45, 7) is 3.39. The van der Waals surface area contributed by atoms with Crippen LogP contribution in [0.4, 0.5) is 0 Å². The highest BCUT2D eigenvalue weighted by atomic mass is 16.5. The van der Waals surface area contributed by atoms with Crippen LogP contribution in [0.5, 0.6) is 11.5 Å². The van der Waals surface area contributed by atoms with Crippen LogP contribution >= 0.6 is 0 Å². The van der Waals surface area contributed by atoms with Gasteiger partial charge in [0.1, 0.15) is 0 Å². The minimum absolute atomic E-state index is 0.0127. The number of nitrogens with zero attached hydrogens (tertiary/aromatic N) is 2. The minimum atomic E-state index is -0.451. The highest BCUT2D eigenvalue weighted by Gasteiger charge is 2.47. The molecule has 6 nitrogen and oxygen atoms in total. The lowest BCUT2D eigenvalue weighted by atomic mass is 9.75. The fourth-order valence-corrected chi connectivity index (χ4v) is 4.86. The molecule has 2 aliphatic heterocycles. The van der Waals surface area contributed by atoms with Crippen molar-refractivity contribution in [1.82, 2.24) is 9.80 Å². The van der Waals surface area contributed by atoms with Crippen molar-refractivity contribution in [3.8, 4) is 11.5 Å². The molecule has 0 saturated carbocycles. The van der Waals surface area contributed by atoms with Crippen molar-refractivity contribution >= 4 is 11.8 Å². The second kappa shape index (κ2) is 8.61. The third kappa shape index (κ3) is 3.54. The number of carbonyl (C=O) groups is 2. The lowest BCUT2D eigenvalue weighted by Gasteiger charge is -2.46. The quantitative estimate of drug-likeness (QED) is 0.711. The van der Waals surface area contributed by atoms with Crippen molar-refractivity contribution in [3.63, 3.8) is 0 Å². The molecule has 0 aliphatic carbocycles. The maximum Gasteiger partial charge on any atom is 0.254 e. The highest BCUT2D eigenvalue weighted by molar-refractivity contribution is 6.01. The molecule has 2 aromatic carbocycles. The number of unbranched alkanes of at least 4 members (excludes halogenated alkanes) is 1. The smallest absolute Gasteiger partial charge is 0.254 e. The Morgan fingerprint density at radius 2 is 1.84 bits per heavy atom. The Morgan fingerprint density at radius 3 is 2.55 bits per heavy atom. The zero-order valence-electron chi connectivity index (χ0n) is 18.7. The van der Waals surface area contributed by atoms with E-state index in [-0.39, 0.29) is 17.9 Å². The Morgan fingerprint density at radius 1 is 1.13 bits per heavy atom. The van der Waals surface area contributed by atoms with Crippen molar-refractivity contribution in [3.05, 3.63) is 58.7 Å². The summed E-state index contributed by atoms with van der Waals surface area (Å²) in [4.78, 5) is 30.8. The molecule has 2 heterocycles. The molecule has 0 N–H and O–H groups in total. The molecule has 31 heavy (non-hydrogen) atoms. The number of rotatable bonds is 6. The number of benzene rings is 2. The molecule has 0 unspecified atom stereocenters. The first-order valence-electron chi connectivity index (χ1n) is 10.9. The van der Waals surface area contributed by atoms with Gasteiger partial charge < -0.3 is 19.3 Å². The van der Waals surface area contributed by atoms with Crippen LogP contribution in [0.25, 0.3) is 0 Å². The van der Waals surface area contributed by atoms with Crippen molar-refractivity contribution in [2.45, 2.75) is 38.1 Å². The van der Waals surface area contributed by atoms with Crippen molar-refractivity contribution in [2.75, 3.05) is 34.4 Å². The van der Waals surface area contributed by atoms with E-state index in [4.69, 9.17) is 9.47 Å². The Balaban J connectivity index is 1.87. The van der Waals surface area contributed by atoms with E-state index in [1.807, 2.05) is 53.2 Å². The molecule has 0 bridgehead atoms. The molecule has 4 rings (SSSR count). The van der Waals surface area contributed by atoms with Gasteiger partial charge in [-0.05, 0) is 47.7 Å². The summed E-state index contributed by atoms with van der Waals surface area (Å²) in [6, 6.07) is 11.1. The molecule has 2 amide bonds. The molecule has 164 valence electrons. The normalized spacial score (nSPS) is 19.2. The van der Waals surface area contributed by atoms with E-state index in [0.717, 1.165) is 29.5 Å². The number of likely N-dealkylation sites (N-methyl/N-ethyl adjacent to an activating group) is 1. The third-order valence-corrected chi connectivity index (χ3v) is 6.51. The van der Waals surface area contributed by atoms with Crippen molar-refractivity contribution in [2.24, 2.45) is 0 Å². The lowest BCUT2D eigenvalue weighted by Crippen LogP contribution is -2.50. The summed E-state index contributed by atoms with van der Waals surface area (Å²) < 4.78 is 11.0. The van der Waals surface area contributed by atoms with Crippen LogP contribution < -0.4 is 9.47 Å². The van der Waals surface area contributed by atoms with Crippen LogP contribution in [0, 0.1) is 0 Å². The van der Waals surface area contributed by atoms with E-state index in [2.05, 4.69) is 6.92 Å². The minimum Gasteiger partial charge on any atom is -0.493 e. The van der Waals surface area contributed by atoms with Crippen molar-refractivity contribution in [1.29, 1.82) is 0 Å². The van der Waals surface area contributed by atoms with Gasteiger partial charge in [-0.3, -0.25) is 9.59 Å². The second-order valence-electron chi connectivity index (χ2n) is 8.28. The van der Waals surface area contributed by atoms with Gasteiger partial charge in [0, 0.05) is 25.7 Å². The average Bonchev–Trinajstić information content (AvgIpc) is 2.81. The summed E-state index contributed by atoms with van der Waals surface area (Å²) in [5.41, 5.74) is 3.50. The highest BCUT2D eigenvalue weighted by Crippen LogP contribution is 2.48. The Kier molecular flexibility index (Phi) is 5.90. The van der Waals surface area contributed by atoms with Gasteiger partial charge in [0.25, 0.3) is 5.91 Å². The lowest BCUT2D eigenvalue weighted by molar-refractivity contribution is -0.133. The van der Waals surface area contributed by atoms with Crippen molar-refractivity contribution < 1.29 is 19.1 Å². The Labute approximate surface area is 183 Å². The zero-order chi connectivity index (χ0) is 22.1. The second-order valence-corrected chi connectivity index (χ2v) is 8.28. The van der Waals surface area contributed by atoms with Crippen LogP contribution in [-0.4, -0.2) is 56.0 Å². The number of amides is 2.